The van der Waals surface area contributed by atoms with Gasteiger partial charge in [-0.2, -0.15) is 5.26 Å². The summed E-state index contributed by atoms with van der Waals surface area (Å²) in [5.41, 5.74) is 0. The van der Waals surface area contributed by atoms with Gasteiger partial charge < -0.3 is 0 Å². The summed E-state index contributed by atoms with van der Waals surface area (Å²) in [5, 5.41) is 9.67. The van der Waals surface area contributed by atoms with Crippen LogP contribution in [-0.2, 0) is 0 Å². The Hall–Kier alpha value is -0.0700. The van der Waals surface area contributed by atoms with Crippen molar-refractivity contribution in [2.75, 3.05) is 18.4 Å². The first-order chi connectivity index (χ1) is 7.15. The maximum atomic E-state index is 8.61. The standard InChI is InChI=1S/C12H23BrN2/c1-4-6-12(9-13)10-15(11(2)3)8-5-7-14/h11-12H,4-6,8-10H2,1-3H3. The zero-order chi connectivity index (χ0) is 11.7. The van der Waals surface area contributed by atoms with E-state index < -0.39 is 0 Å². The normalized spacial score (nSPS) is 13.1. The van der Waals surface area contributed by atoms with Crippen LogP contribution in [0.2, 0.25) is 0 Å². The highest BCUT2D eigenvalue weighted by Gasteiger charge is 2.14. The first kappa shape index (κ1) is 14.9. The lowest BCUT2D eigenvalue weighted by Crippen LogP contribution is -2.36. The summed E-state index contributed by atoms with van der Waals surface area (Å²) >= 11 is 3.57. The van der Waals surface area contributed by atoms with Crippen LogP contribution < -0.4 is 0 Å². The fraction of sp³-hybridized carbons (Fsp3) is 0.917. The van der Waals surface area contributed by atoms with E-state index in [9.17, 15) is 0 Å². The summed E-state index contributed by atoms with van der Waals surface area (Å²) in [5.74, 6) is 0.719. The predicted molar refractivity (Wildman–Crippen MR) is 69.1 cm³/mol. The third-order valence-electron chi connectivity index (χ3n) is 2.65. The summed E-state index contributed by atoms with van der Waals surface area (Å²) in [6, 6.07) is 2.76. The zero-order valence-corrected chi connectivity index (χ0v) is 11.8. The van der Waals surface area contributed by atoms with Crippen molar-refractivity contribution in [2.45, 2.75) is 46.1 Å². The molecule has 0 heterocycles. The van der Waals surface area contributed by atoms with E-state index in [1.165, 1.54) is 12.8 Å². The molecule has 0 N–H and O–H groups in total. The lowest BCUT2D eigenvalue weighted by Gasteiger charge is -2.29. The average molecular weight is 275 g/mol. The van der Waals surface area contributed by atoms with Crippen molar-refractivity contribution in [3.8, 4) is 6.07 Å². The van der Waals surface area contributed by atoms with E-state index >= 15 is 0 Å². The van der Waals surface area contributed by atoms with Gasteiger partial charge in [0.05, 0.1) is 6.07 Å². The second kappa shape index (κ2) is 9.18. The molecule has 1 atom stereocenters. The first-order valence-electron chi connectivity index (χ1n) is 5.82. The van der Waals surface area contributed by atoms with Gasteiger partial charge in [-0.05, 0) is 26.2 Å². The van der Waals surface area contributed by atoms with Crippen LogP contribution in [0.3, 0.4) is 0 Å². The second-order valence-corrected chi connectivity index (χ2v) is 4.95. The molecule has 3 heteroatoms. The van der Waals surface area contributed by atoms with Gasteiger partial charge in [0.2, 0.25) is 0 Å². The van der Waals surface area contributed by atoms with Gasteiger partial charge in [0.15, 0.2) is 0 Å². The lowest BCUT2D eigenvalue weighted by atomic mass is 10.0. The van der Waals surface area contributed by atoms with Gasteiger partial charge in [0, 0.05) is 30.9 Å². The molecule has 0 aromatic rings. The minimum atomic E-state index is 0.539. The van der Waals surface area contributed by atoms with E-state index in [1.807, 2.05) is 0 Å². The second-order valence-electron chi connectivity index (χ2n) is 4.31. The van der Waals surface area contributed by atoms with Crippen LogP contribution in [0.25, 0.3) is 0 Å². The number of nitriles is 1. The van der Waals surface area contributed by atoms with Gasteiger partial charge in [-0.15, -0.1) is 0 Å². The molecule has 0 aliphatic heterocycles. The van der Waals surface area contributed by atoms with Crippen LogP contribution in [0.1, 0.15) is 40.0 Å². The van der Waals surface area contributed by atoms with Crippen molar-refractivity contribution in [3.63, 3.8) is 0 Å². The molecule has 1 unspecified atom stereocenters. The average Bonchev–Trinajstić information content (AvgIpc) is 2.22. The van der Waals surface area contributed by atoms with Crippen molar-refractivity contribution in [1.29, 1.82) is 5.26 Å². The molecule has 0 radical (unpaired) electrons. The molecule has 0 spiro atoms. The quantitative estimate of drug-likeness (QED) is 0.635. The van der Waals surface area contributed by atoms with E-state index in [4.69, 9.17) is 5.26 Å². The molecule has 0 aliphatic carbocycles. The Kier molecular flexibility index (Phi) is 9.13. The van der Waals surface area contributed by atoms with E-state index in [1.54, 1.807) is 0 Å². The number of halogens is 1. The number of hydrogen-bond donors (Lipinski definition) is 0. The van der Waals surface area contributed by atoms with Crippen molar-refractivity contribution in [2.24, 2.45) is 5.92 Å². The number of rotatable bonds is 8. The van der Waals surface area contributed by atoms with Crippen molar-refractivity contribution in [1.82, 2.24) is 4.90 Å². The van der Waals surface area contributed by atoms with Crippen molar-refractivity contribution < 1.29 is 0 Å². The maximum Gasteiger partial charge on any atom is 0.0635 e. The van der Waals surface area contributed by atoms with Gasteiger partial charge in [-0.25, -0.2) is 0 Å². The highest BCUT2D eigenvalue weighted by molar-refractivity contribution is 9.09. The molecule has 0 saturated heterocycles. The van der Waals surface area contributed by atoms with Crippen LogP contribution in [-0.4, -0.2) is 29.4 Å². The van der Waals surface area contributed by atoms with Crippen LogP contribution in [0, 0.1) is 17.2 Å². The zero-order valence-electron chi connectivity index (χ0n) is 10.2. The fourth-order valence-corrected chi connectivity index (χ4v) is 2.24. The molecule has 0 rings (SSSR count). The van der Waals surface area contributed by atoms with Crippen LogP contribution in [0.4, 0.5) is 0 Å². The molecule has 0 bridgehead atoms. The minimum absolute atomic E-state index is 0.539. The number of hydrogen-bond acceptors (Lipinski definition) is 2. The smallest absolute Gasteiger partial charge is 0.0635 e. The van der Waals surface area contributed by atoms with Gasteiger partial charge in [-0.1, -0.05) is 29.3 Å². The summed E-state index contributed by atoms with van der Waals surface area (Å²) in [7, 11) is 0. The fourth-order valence-electron chi connectivity index (χ4n) is 1.71. The van der Waals surface area contributed by atoms with E-state index in [-0.39, 0.29) is 0 Å². The van der Waals surface area contributed by atoms with Crippen LogP contribution in [0.5, 0.6) is 0 Å². The molecular formula is C12H23BrN2. The largest absolute Gasteiger partial charge is 0.300 e. The summed E-state index contributed by atoms with van der Waals surface area (Å²) in [4.78, 5) is 2.41. The van der Waals surface area contributed by atoms with E-state index in [0.717, 1.165) is 24.3 Å². The molecule has 0 saturated carbocycles. The monoisotopic (exact) mass is 274 g/mol. The molecule has 0 aliphatic rings. The molecule has 0 aromatic carbocycles. The Labute approximate surface area is 103 Å². The Morgan fingerprint density at radius 3 is 2.47 bits per heavy atom. The summed E-state index contributed by atoms with van der Waals surface area (Å²) < 4.78 is 0. The topological polar surface area (TPSA) is 27.0 Å². The number of alkyl halides is 1. The minimum Gasteiger partial charge on any atom is -0.300 e. The van der Waals surface area contributed by atoms with E-state index in [2.05, 4.69) is 47.7 Å². The highest BCUT2D eigenvalue weighted by Crippen LogP contribution is 2.13. The summed E-state index contributed by atoms with van der Waals surface area (Å²) in [6.07, 6.45) is 3.14. The first-order valence-corrected chi connectivity index (χ1v) is 6.94. The highest BCUT2D eigenvalue weighted by atomic mass is 79.9. The van der Waals surface area contributed by atoms with Crippen LogP contribution in [0.15, 0.2) is 0 Å². The van der Waals surface area contributed by atoms with Gasteiger partial charge in [0.25, 0.3) is 0 Å². The van der Waals surface area contributed by atoms with Crippen molar-refractivity contribution in [3.05, 3.63) is 0 Å². The van der Waals surface area contributed by atoms with Gasteiger partial charge >= 0.3 is 0 Å². The Balaban J connectivity index is 4.07. The molecule has 88 valence electrons. The molecule has 0 aromatic heterocycles. The third-order valence-corrected chi connectivity index (χ3v) is 3.56. The summed E-state index contributed by atoms with van der Waals surface area (Å²) in [6.45, 7) is 8.65. The SMILES string of the molecule is CCCC(CBr)CN(CCC#N)C(C)C. The van der Waals surface area contributed by atoms with Crippen molar-refractivity contribution >= 4 is 15.9 Å². The van der Waals surface area contributed by atoms with Crippen LogP contribution >= 0.6 is 15.9 Å². The third kappa shape index (κ3) is 6.92. The Bertz CT molecular complexity index is 187. The molecule has 0 amide bonds. The molecular weight excluding hydrogens is 252 g/mol. The molecule has 2 nitrogen and oxygen atoms in total. The predicted octanol–water partition coefficient (Wildman–Crippen LogP) is 3.42. The Morgan fingerprint density at radius 1 is 1.40 bits per heavy atom. The molecule has 15 heavy (non-hydrogen) atoms. The lowest BCUT2D eigenvalue weighted by molar-refractivity contribution is 0.194. The number of nitrogens with zero attached hydrogens (tertiary/aromatic N) is 2. The van der Waals surface area contributed by atoms with Gasteiger partial charge in [0.1, 0.15) is 0 Å². The molecule has 0 fully saturated rings. The maximum absolute atomic E-state index is 8.61. The Morgan fingerprint density at radius 2 is 2.07 bits per heavy atom. The van der Waals surface area contributed by atoms with Gasteiger partial charge in [-0.3, -0.25) is 4.90 Å². The van der Waals surface area contributed by atoms with E-state index in [0.29, 0.717) is 12.5 Å².